The molecule has 1 heterocycles. The fraction of sp³-hybridized carbons (Fsp3) is 0.0833. The number of hydrogen-bond donors (Lipinski definition) is 0. The molecular weight excluding hydrogens is 200 g/mol. The number of nitrogens with zero attached hydrogens (tertiary/aromatic N) is 1. The lowest BCUT2D eigenvalue weighted by Gasteiger charge is -2.10. The van der Waals surface area contributed by atoms with E-state index in [1.54, 1.807) is 0 Å². The number of rotatable bonds is 2. The number of hydrogen-bond acceptors (Lipinski definition) is 1. The molecule has 73 valence electrons. The number of aromatic nitrogens is 1. The van der Waals surface area contributed by atoms with Crippen LogP contribution in [0.15, 0.2) is 54.7 Å². The van der Waals surface area contributed by atoms with E-state index in [0.29, 0.717) is 0 Å². The van der Waals surface area contributed by atoms with E-state index in [4.69, 9.17) is 0 Å². The molecule has 0 aliphatic heterocycles. The van der Waals surface area contributed by atoms with Gasteiger partial charge in [-0.2, -0.15) is 0 Å². The second-order valence-electron chi connectivity index (χ2n) is 3.08. The second kappa shape index (κ2) is 5.67. The van der Waals surface area contributed by atoms with E-state index in [1.807, 2.05) is 24.4 Å². The van der Waals surface area contributed by atoms with Crippen LogP contribution in [-0.2, 0) is 0 Å². The molecular formula is C12H12BNP. The van der Waals surface area contributed by atoms with Crippen LogP contribution >= 0.6 is 7.92 Å². The normalized spacial score (nSPS) is 11.5. The summed E-state index contributed by atoms with van der Waals surface area (Å²) in [5.41, 5.74) is 1.19. The monoisotopic (exact) mass is 212 g/mol. The van der Waals surface area contributed by atoms with Crippen molar-refractivity contribution in [2.24, 2.45) is 0 Å². The maximum absolute atomic E-state index is 4.38. The van der Waals surface area contributed by atoms with Gasteiger partial charge in [0.25, 0.3) is 0 Å². The minimum atomic E-state index is -0.282. The van der Waals surface area contributed by atoms with Gasteiger partial charge in [-0.1, -0.05) is 36.4 Å². The van der Waals surface area contributed by atoms with Crippen LogP contribution in [0.4, 0.5) is 0 Å². The van der Waals surface area contributed by atoms with Crippen molar-refractivity contribution < 1.29 is 0 Å². The van der Waals surface area contributed by atoms with Gasteiger partial charge < -0.3 is 0 Å². The van der Waals surface area contributed by atoms with Gasteiger partial charge in [-0.05, 0) is 32.0 Å². The van der Waals surface area contributed by atoms with Crippen LogP contribution in [-0.4, -0.2) is 20.1 Å². The predicted octanol–water partition coefficient (Wildman–Crippen LogP) is 1.76. The topological polar surface area (TPSA) is 12.9 Å². The fourth-order valence-electron chi connectivity index (χ4n) is 1.34. The quantitative estimate of drug-likeness (QED) is 0.546. The molecule has 0 bridgehead atoms. The SMILES string of the molecule is CP(c1ccccc1)c1ccccn1.[B]. The summed E-state index contributed by atoms with van der Waals surface area (Å²) in [7, 11) is -0.282. The molecule has 0 spiro atoms. The van der Waals surface area contributed by atoms with Crippen molar-refractivity contribution in [1.29, 1.82) is 0 Å². The van der Waals surface area contributed by atoms with Crippen molar-refractivity contribution in [2.45, 2.75) is 0 Å². The Morgan fingerprint density at radius 1 is 0.933 bits per heavy atom. The predicted molar refractivity (Wildman–Crippen MR) is 68.5 cm³/mol. The van der Waals surface area contributed by atoms with Crippen molar-refractivity contribution in [1.82, 2.24) is 4.98 Å². The maximum Gasteiger partial charge on any atom is 0.0673 e. The third-order valence-electron chi connectivity index (χ3n) is 2.14. The van der Waals surface area contributed by atoms with Crippen LogP contribution in [0.3, 0.4) is 0 Å². The van der Waals surface area contributed by atoms with Gasteiger partial charge in [-0.3, -0.25) is 4.98 Å². The highest BCUT2D eigenvalue weighted by Gasteiger charge is 2.06. The first-order chi connectivity index (χ1) is 6.88. The van der Waals surface area contributed by atoms with Gasteiger partial charge >= 0.3 is 0 Å². The Hall–Kier alpha value is -1.14. The summed E-state index contributed by atoms with van der Waals surface area (Å²) in [6.07, 6.45) is 1.86. The van der Waals surface area contributed by atoms with E-state index in [0.717, 1.165) is 0 Å². The van der Waals surface area contributed by atoms with E-state index in [1.165, 1.54) is 10.7 Å². The summed E-state index contributed by atoms with van der Waals surface area (Å²) in [5.74, 6) is 0. The molecule has 1 nitrogen and oxygen atoms in total. The lowest BCUT2D eigenvalue weighted by atomic mass is 10.4. The Kier molecular flexibility index (Phi) is 4.52. The molecule has 0 amide bonds. The Bertz CT molecular complexity index is 351. The van der Waals surface area contributed by atoms with Crippen molar-refractivity contribution in [3.05, 3.63) is 54.7 Å². The average Bonchev–Trinajstić information content (AvgIpc) is 2.30. The van der Waals surface area contributed by atoms with Gasteiger partial charge in [-0.25, -0.2) is 0 Å². The van der Waals surface area contributed by atoms with Crippen molar-refractivity contribution in [2.75, 3.05) is 6.66 Å². The standard InChI is InChI=1S/C12H12NP.B/c1-14(11-7-3-2-4-8-11)12-9-5-6-10-13-12;/h2-10H,1H3;. The third-order valence-corrected chi connectivity index (χ3v) is 4.16. The van der Waals surface area contributed by atoms with E-state index >= 15 is 0 Å². The van der Waals surface area contributed by atoms with Gasteiger partial charge in [0.1, 0.15) is 0 Å². The van der Waals surface area contributed by atoms with E-state index in [9.17, 15) is 0 Å². The number of pyridine rings is 1. The lowest BCUT2D eigenvalue weighted by Crippen LogP contribution is -2.12. The van der Waals surface area contributed by atoms with Crippen LogP contribution in [0.25, 0.3) is 0 Å². The van der Waals surface area contributed by atoms with Crippen LogP contribution in [0.1, 0.15) is 0 Å². The zero-order valence-corrected chi connectivity index (χ0v) is 9.56. The van der Waals surface area contributed by atoms with Gasteiger partial charge in [0.05, 0.1) is 5.44 Å². The summed E-state index contributed by atoms with van der Waals surface area (Å²) in [6.45, 7) is 2.24. The van der Waals surface area contributed by atoms with Gasteiger partial charge in [-0.15, -0.1) is 0 Å². The minimum Gasteiger partial charge on any atom is -0.256 e. The van der Waals surface area contributed by atoms with Crippen LogP contribution in [0.2, 0.25) is 0 Å². The zero-order valence-electron chi connectivity index (χ0n) is 8.67. The molecule has 0 aliphatic rings. The molecule has 2 rings (SSSR count). The molecule has 0 fully saturated rings. The van der Waals surface area contributed by atoms with E-state index in [2.05, 4.69) is 42.0 Å². The number of benzene rings is 1. The summed E-state index contributed by atoms with van der Waals surface area (Å²) in [6, 6.07) is 16.6. The molecule has 0 N–H and O–H groups in total. The molecule has 1 atom stereocenters. The summed E-state index contributed by atoms with van der Waals surface area (Å²) in [4.78, 5) is 4.38. The highest BCUT2D eigenvalue weighted by Crippen LogP contribution is 2.26. The zero-order chi connectivity index (χ0) is 9.80. The van der Waals surface area contributed by atoms with Gasteiger partial charge in [0.15, 0.2) is 0 Å². The van der Waals surface area contributed by atoms with Gasteiger partial charge in [0.2, 0.25) is 0 Å². The second-order valence-corrected chi connectivity index (χ2v) is 5.18. The molecule has 0 saturated heterocycles. The van der Waals surface area contributed by atoms with Gasteiger partial charge in [0, 0.05) is 14.6 Å². The molecule has 3 heteroatoms. The first-order valence-electron chi connectivity index (χ1n) is 4.58. The molecule has 1 aromatic carbocycles. The maximum atomic E-state index is 4.38. The average molecular weight is 212 g/mol. The molecule has 0 aliphatic carbocycles. The molecule has 1 aromatic heterocycles. The molecule has 15 heavy (non-hydrogen) atoms. The summed E-state index contributed by atoms with van der Waals surface area (Å²) in [5, 5.41) is 1.38. The highest BCUT2D eigenvalue weighted by atomic mass is 31.1. The smallest absolute Gasteiger partial charge is 0.0673 e. The first kappa shape index (κ1) is 11.9. The Labute approximate surface area is 93.9 Å². The van der Waals surface area contributed by atoms with E-state index in [-0.39, 0.29) is 16.3 Å². The van der Waals surface area contributed by atoms with Crippen molar-refractivity contribution in [3.8, 4) is 0 Å². The third kappa shape index (κ3) is 2.90. The molecule has 0 saturated carbocycles. The largest absolute Gasteiger partial charge is 0.256 e. The fourth-order valence-corrected chi connectivity index (χ4v) is 2.77. The van der Waals surface area contributed by atoms with Crippen LogP contribution in [0.5, 0.6) is 0 Å². The molecule has 2 aromatic rings. The molecule has 1 unspecified atom stereocenters. The molecule has 3 radical (unpaired) electrons. The Balaban J connectivity index is 0.00000112. The Morgan fingerprint density at radius 2 is 1.60 bits per heavy atom. The first-order valence-corrected chi connectivity index (χ1v) is 6.36. The van der Waals surface area contributed by atoms with Crippen molar-refractivity contribution >= 4 is 27.1 Å². The van der Waals surface area contributed by atoms with Crippen LogP contribution < -0.4 is 10.7 Å². The van der Waals surface area contributed by atoms with E-state index < -0.39 is 0 Å². The Morgan fingerprint density at radius 3 is 2.20 bits per heavy atom. The minimum absolute atomic E-state index is 0. The highest BCUT2D eigenvalue weighted by molar-refractivity contribution is 7.72. The van der Waals surface area contributed by atoms with Crippen molar-refractivity contribution in [3.63, 3.8) is 0 Å². The van der Waals surface area contributed by atoms with Crippen LogP contribution in [0, 0.1) is 0 Å². The summed E-state index contributed by atoms with van der Waals surface area (Å²) < 4.78 is 0. The summed E-state index contributed by atoms with van der Waals surface area (Å²) >= 11 is 0. The lowest BCUT2D eigenvalue weighted by molar-refractivity contribution is 1.39.